The molecule has 5 nitrogen and oxygen atoms in total. The first-order valence-electron chi connectivity index (χ1n) is 7.88. The molecule has 0 unspecified atom stereocenters. The Balaban J connectivity index is 1.76. The Hall–Kier alpha value is -1.33. The molecule has 118 valence electrons. The largest absolute Gasteiger partial charge is 0.478 e. The standard InChI is InChI=1S/C16H27N3O2/c1-3-21-16-6-4-5-15(18-16)19-10-7-14(8-11-19)13-17-9-12-20-2/h4-6,14,17H,3,7-13H2,1-2H3. The summed E-state index contributed by atoms with van der Waals surface area (Å²) in [6, 6.07) is 6.00. The van der Waals surface area contributed by atoms with Crippen LogP contribution >= 0.6 is 0 Å². The first-order chi connectivity index (χ1) is 10.3. The van der Waals surface area contributed by atoms with Gasteiger partial charge < -0.3 is 19.7 Å². The minimum absolute atomic E-state index is 0.658. The van der Waals surface area contributed by atoms with Crippen LogP contribution in [0.1, 0.15) is 19.8 Å². The van der Waals surface area contributed by atoms with Crippen molar-refractivity contribution in [3.05, 3.63) is 18.2 Å². The molecule has 1 fully saturated rings. The minimum Gasteiger partial charge on any atom is -0.478 e. The molecule has 1 aromatic rings. The van der Waals surface area contributed by atoms with Crippen molar-refractivity contribution in [3.8, 4) is 5.88 Å². The zero-order valence-corrected chi connectivity index (χ0v) is 13.2. The monoisotopic (exact) mass is 293 g/mol. The Morgan fingerprint density at radius 3 is 2.86 bits per heavy atom. The van der Waals surface area contributed by atoms with Gasteiger partial charge in [0.25, 0.3) is 0 Å². The van der Waals surface area contributed by atoms with Crippen molar-refractivity contribution in [1.82, 2.24) is 10.3 Å². The summed E-state index contributed by atoms with van der Waals surface area (Å²) >= 11 is 0. The fourth-order valence-electron chi connectivity index (χ4n) is 2.65. The highest BCUT2D eigenvalue weighted by Gasteiger charge is 2.20. The molecular weight excluding hydrogens is 266 g/mol. The van der Waals surface area contributed by atoms with Gasteiger partial charge in [0.05, 0.1) is 13.2 Å². The highest BCUT2D eigenvalue weighted by atomic mass is 16.5. The molecule has 0 spiro atoms. The molecule has 0 amide bonds. The van der Waals surface area contributed by atoms with Crippen LogP contribution < -0.4 is 15.0 Å². The molecule has 21 heavy (non-hydrogen) atoms. The lowest BCUT2D eigenvalue weighted by Gasteiger charge is -2.33. The highest BCUT2D eigenvalue weighted by Crippen LogP contribution is 2.23. The van der Waals surface area contributed by atoms with E-state index in [2.05, 4.69) is 21.3 Å². The van der Waals surface area contributed by atoms with E-state index in [0.717, 1.165) is 50.4 Å². The summed E-state index contributed by atoms with van der Waals surface area (Å²) in [7, 11) is 1.74. The maximum Gasteiger partial charge on any atom is 0.215 e. The number of anilines is 1. The van der Waals surface area contributed by atoms with Gasteiger partial charge in [-0.2, -0.15) is 4.98 Å². The molecule has 1 aliphatic rings. The molecule has 2 heterocycles. The molecule has 0 radical (unpaired) electrons. The quantitative estimate of drug-likeness (QED) is 0.742. The molecule has 0 bridgehead atoms. The average Bonchev–Trinajstić information content (AvgIpc) is 2.53. The lowest BCUT2D eigenvalue weighted by Crippen LogP contribution is -2.38. The first kappa shape index (κ1) is 16.0. The maximum atomic E-state index is 5.47. The SMILES string of the molecule is CCOc1cccc(N2CCC(CNCCOC)CC2)n1. The van der Waals surface area contributed by atoms with Gasteiger partial charge in [-0.15, -0.1) is 0 Å². The summed E-state index contributed by atoms with van der Waals surface area (Å²) in [4.78, 5) is 6.92. The summed E-state index contributed by atoms with van der Waals surface area (Å²) in [5.41, 5.74) is 0. The predicted molar refractivity (Wildman–Crippen MR) is 85.1 cm³/mol. The fraction of sp³-hybridized carbons (Fsp3) is 0.688. The van der Waals surface area contributed by atoms with Crippen LogP contribution in [0.5, 0.6) is 5.88 Å². The van der Waals surface area contributed by atoms with E-state index in [9.17, 15) is 0 Å². The van der Waals surface area contributed by atoms with Gasteiger partial charge in [-0.05, 0) is 38.3 Å². The Bertz CT molecular complexity index is 406. The van der Waals surface area contributed by atoms with Crippen LogP contribution in [0.25, 0.3) is 0 Å². The Morgan fingerprint density at radius 1 is 1.33 bits per heavy atom. The number of methoxy groups -OCH3 is 1. The van der Waals surface area contributed by atoms with E-state index >= 15 is 0 Å². The van der Waals surface area contributed by atoms with Crippen LogP contribution in [-0.4, -0.2) is 51.5 Å². The number of piperidine rings is 1. The second-order valence-corrected chi connectivity index (χ2v) is 5.39. The third-order valence-corrected chi connectivity index (χ3v) is 3.86. The summed E-state index contributed by atoms with van der Waals surface area (Å²) in [5, 5.41) is 3.46. The van der Waals surface area contributed by atoms with E-state index in [4.69, 9.17) is 9.47 Å². The Labute approximate surface area is 127 Å². The molecule has 0 atom stereocenters. The summed E-state index contributed by atoms with van der Waals surface area (Å²) in [5.74, 6) is 2.51. The molecule has 0 aliphatic carbocycles. The molecule has 0 saturated carbocycles. The number of aromatic nitrogens is 1. The van der Waals surface area contributed by atoms with E-state index < -0.39 is 0 Å². The molecular formula is C16H27N3O2. The van der Waals surface area contributed by atoms with E-state index in [-0.39, 0.29) is 0 Å². The van der Waals surface area contributed by atoms with Gasteiger partial charge in [0.15, 0.2) is 0 Å². The summed E-state index contributed by atoms with van der Waals surface area (Å²) in [6.45, 7) is 7.59. The molecule has 2 rings (SSSR count). The highest BCUT2D eigenvalue weighted by molar-refractivity contribution is 5.41. The number of hydrogen-bond donors (Lipinski definition) is 1. The van der Waals surface area contributed by atoms with Gasteiger partial charge in [0.1, 0.15) is 5.82 Å². The topological polar surface area (TPSA) is 46.6 Å². The summed E-state index contributed by atoms with van der Waals surface area (Å²) in [6.07, 6.45) is 2.42. The van der Waals surface area contributed by atoms with Gasteiger partial charge in [-0.25, -0.2) is 0 Å². The van der Waals surface area contributed by atoms with Crippen molar-refractivity contribution in [2.24, 2.45) is 5.92 Å². The lowest BCUT2D eigenvalue weighted by molar-refractivity contribution is 0.196. The van der Waals surface area contributed by atoms with E-state index in [1.54, 1.807) is 7.11 Å². The minimum atomic E-state index is 0.658. The average molecular weight is 293 g/mol. The number of ether oxygens (including phenoxy) is 2. The predicted octanol–water partition coefficient (Wildman–Crippen LogP) is 1.93. The Kier molecular flexibility index (Phi) is 6.76. The molecule has 1 aromatic heterocycles. The zero-order valence-electron chi connectivity index (χ0n) is 13.2. The second kappa shape index (κ2) is 8.85. The fourth-order valence-corrected chi connectivity index (χ4v) is 2.65. The molecule has 1 N–H and O–H groups in total. The van der Waals surface area contributed by atoms with Crippen molar-refractivity contribution >= 4 is 5.82 Å². The molecule has 1 aliphatic heterocycles. The zero-order chi connectivity index (χ0) is 14.9. The van der Waals surface area contributed by atoms with E-state index in [1.165, 1.54) is 12.8 Å². The van der Waals surface area contributed by atoms with Gasteiger partial charge in [-0.3, -0.25) is 0 Å². The number of nitrogens with zero attached hydrogens (tertiary/aromatic N) is 2. The Morgan fingerprint density at radius 2 is 2.14 bits per heavy atom. The van der Waals surface area contributed by atoms with Crippen molar-refractivity contribution in [3.63, 3.8) is 0 Å². The third-order valence-electron chi connectivity index (χ3n) is 3.86. The van der Waals surface area contributed by atoms with Gasteiger partial charge in [-0.1, -0.05) is 6.07 Å². The lowest BCUT2D eigenvalue weighted by atomic mass is 9.97. The van der Waals surface area contributed by atoms with Crippen molar-refractivity contribution in [2.75, 3.05) is 51.4 Å². The van der Waals surface area contributed by atoms with E-state index in [1.807, 2.05) is 19.1 Å². The van der Waals surface area contributed by atoms with Crippen molar-refractivity contribution in [2.45, 2.75) is 19.8 Å². The van der Waals surface area contributed by atoms with Crippen LogP contribution in [0.15, 0.2) is 18.2 Å². The van der Waals surface area contributed by atoms with Crippen LogP contribution in [0.3, 0.4) is 0 Å². The number of hydrogen-bond acceptors (Lipinski definition) is 5. The number of pyridine rings is 1. The third kappa shape index (κ3) is 5.17. The van der Waals surface area contributed by atoms with Gasteiger partial charge in [0, 0.05) is 32.8 Å². The van der Waals surface area contributed by atoms with Crippen LogP contribution in [0.2, 0.25) is 0 Å². The van der Waals surface area contributed by atoms with Gasteiger partial charge in [0.2, 0.25) is 5.88 Å². The van der Waals surface area contributed by atoms with Gasteiger partial charge >= 0.3 is 0 Å². The molecule has 0 aromatic carbocycles. The maximum absolute atomic E-state index is 5.47. The van der Waals surface area contributed by atoms with Crippen molar-refractivity contribution in [1.29, 1.82) is 0 Å². The van der Waals surface area contributed by atoms with Crippen LogP contribution in [0.4, 0.5) is 5.82 Å². The second-order valence-electron chi connectivity index (χ2n) is 5.39. The number of nitrogens with one attached hydrogen (secondary N) is 1. The molecule has 5 heteroatoms. The normalized spacial score (nSPS) is 16.2. The first-order valence-corrected chi connectivity index (χ1v) is 7.88. The van der Waals surface area contributed by atoms with Crippen molar-refractivity contribution < 1.29 is 9.47 Å². The molecule has 1 saturated heterocycles. The van der Waals surface area contributed by atoms with Crippen LogP contribution in [0, 0.1) is 5.92 Å². The summed E-state index contributed by atoms with van der Waals surface area (Å²) < 4.78 is 10.5. The smallest absolute Gasteiger partial charge is 0.215 e. The number of rotatable bonds is 8. The van der Waals surface area contributed by atoms with E-state index in [0.29, 0.717) is 6.61 Å². The van der Waals surface area contributed by atoms with Crippen LogP contribution in [-0.2, 0) is 4.74 Å².